The molecule has 2 nitrogen and oxygen atoms in total. The average Bonchev–Trinajstić information content (AvgIpc) is 2.38. The molecule has 1 fully saturated rings. The Balaban J connectivity index is 1.84. The summed E-state index contributed by atoms with van der Waals surface area (Å²) in [5.41, 5.74) is 6.94. The molecule has 94 valence electrons. The Morgan fingerprint density at radius 3 is 2.29 bits per heavy atom. The van der Waals surface area contributed by atoms with Gasteiger partial charge in [-0.15, -0.1) is 0 Å². The van der Waals surface area contributed by atoms with Crippen LogP contribution in [-0.4, -0.2) is 11.7 Å². The molecule has 0 bridgehead atoms. The standard InChI is InChI=1S/C15H23NO/c16-11-1-2-12-3-5-13(6-4-12)14-7-9-15(17)10-8-14/h7-10,12-13,17H,1-6,11,16H2. The molecule has 2 rings (SSSR count). The number of phenols is 1. The van der Waals surface area contributed by atoms with Crippen LogP contribution in [0.3, 0.4) is 0 Å². The minimum atomic E-state index is 0.366. The van der Waals surface area contributed by atoms with E-state index in [4.69, 9.17) is 5.73 Å². The molecule has 0 aliphatic heterocycles. The fourth-order valence-electron chi connectivity index (χ4n) is 2.94. The summed E-state index contributed by atoms with van der Waals surface area (Å²) in [5, 5.41) is 9.28. The lowest BCUT2D eigenvalue weighted by atomic mass is 9.77. The van der Waals surface area contributed by atoms with Crippen LogP contribution in [0, 0.1) is 5.92 Å². The van der Waals surface area contributed by atoms with E-state index in [0.717, 1.165) is 12.5 Å². The number of nitrogens with two attached hydrogens (primary N) is 1. The van der Waals surface area contributed by atoms with Crippen molar-refractivity contribution in [3.05, 3.63) is 29.8 Å². The van der Waals surface area contributed by atoms with Gasteiger partial charge in [0.05, 0.1) is 0 Å². The second-order valence-corrected chi connectivity index (χ2v) is 5.24. The van der Waals surface area contributed by atoms with Crippen molar-refractivity contribution < 1.29 is 5.11 Å². The molecule has 0 radical (unpaired) electrons. The normalized spacial score (nSPS) is 24.8. The first-order valence-corrected chi connectivity index (χ1v) is 6.78. The molecule has 0 atom stereocenters. The fraction of sp³-hybridized carbons (Fsp3) is 0.600. The van der Waals surface area contributed by atoms with E-state index in [1.54, 1.807) is 12.1 Å². The smallest absolute Gasteiger partial charge is 0.115 e. The van der Waals surface area contributed by atoms with Crippen molar-refractivity contribution in [3.63, 3.8) is 0 Å². The summed E-state index contributed by atoms with van der Waals surface area (Å²) in [7, 11) is 0. The lowest BCUT2D eigenvalue weighted by molar-refractivity contribution is 0.306. The van der Waals surface area contributed by atoms with Gasteiger partial charge in [0.15, 0.2) is 0 Å². The minimum Gasteiger partial charge on any atom is -0.508 e. The molecule has 0 aromatic heterocycles. The van der Waals surface area contributed by atoms with Crippen LogP contribution in [0.4, 0.5) is 0 Å². The molecule has 0 heterocycles. The summed E-state index contributed by atoms with van der Waals surface area (Å²) in [6, 6.07) is 7.74. The van der Waals surface area contributed by atoms with E-state index >= 15 is 0 Å². The summed E-state index contributed by atoms with van der Waals surface area (Å²) in [6.45, 7) is 0.831. The predicted octanol–water partition coefficient (Wildman–Crippen LogP) is 3.40. The van der Waals surface area contributed by atoms with Gasteiger partial charge in [-0.2, -0.15) is 0 Å². The Hall–Kier alpha value is -1.02. The topological polar surface area (TPSA) is 46.2 Å². The number of rotatable bonds is 4. The Morgan fingerprint density at radius 2 is 1.71 bits per heavy atom. The highest BCUT2D eigenvalue weighted by Crippen LogP contribution is 2.37. The summed E-state index contributed by atoms with van der Waals surface area (Å²) in [4.78, 5) is 0. The second-order valence-electron chi connectivity index (χ2n) is 5.24. The van der Waals surface area contributed by atoms with Crippen molar-refractivity contribution in [2.75, 3.05) is 6.54 Å². The van der Waals surface area contributed by atoms with Gasteiger partial charge in [-0.25, -0.2) is 0 Å². The maximum Gasteiger partial charge on any atom is 0.115 e. The molecule has 1 aromatic rings. The zero-order valence-electron chi connectivity index (χ0n) is 10.4. The summed E-state index contributed by atoms with van der Waals surface area (Å²) >= 11 is 0. The van der Waals surface area contributed by atoms with Gasteiger partial charge in [-0.05, 0) is 74.6 Å². The quantitative estimate of drug-likeness (QED) is 0.837. The van der Waals surface area contributed by atoms with Crippen LogP contribution in [0.15, 0.2) is 24.3 Å². The van der Waals surface area contributed by atoms with Crippen molar-refractivity contribution in [3.8, 4) is 5.75 Å². The Bertz CT molecular complexity index is 325. The zero-order chi connectivity index (χ0) is 12.1. The van der Waals surface area contributed by atoms with E-state index in [1.807, 2.05) is 0 Å². The third-order valence-corrected chi connectivity index (χ3v) is 4.03. The number of hydrogen-bond donors (Lipinski definition) is 2. The Labute approximate surface area is 104 Å². The Kier molecular flexibility index (Phi) is 4.43. The minimum absolute atomic E-state index is 0.366. The van der Waals surface area contributed by atoms with Crippen LogP contribution in [0.2, 0.25) is 0 Å². The first kappa shape index (κ1) is 12.4. The van der Waals surface area contributed by atoms with Crippen LogP contribution in [-0.2, 0) is 0 Å². The predicted molar refractivity (Wildman–Crippen MR) is 71.1 cm³/mol. The van der Waals surface area contributed by atoms with Crippen molar-refractivity contribution >= 4 is 0 Å². The van der Waals surface area contributed by atoms with Gasteiger partial charge in [0, 0.05) is 0 Å². The zero-order valence-corrected chi connectivity index (χ0v) is 10.4. The van der Waals surface area contributed by atoms with E-state index in [0.29, 0.717) is 11.7 Å². The van der Waals surface area contributed by atoms with Crippen LogP contribution < -0.4 is 5.73 Å². The molecule has 0 amide bonds. The Morgan fingerprint density at radius 1 is 1.06 bits per heavy atom. The van der Waals surface area contributed by atoms with Gasteiger partial charge in [0.1, 0.15) is 5.75 Å². The molecular formula is C15H23NO. The molecule has 3 N–H and O–H groups in total. The van der Waals surface area contributed by atoms with E-state index in [2.05, 4.69) is 12.1 Å². The number of phenolic OH excluding ortho intramolecular Hbond substituents is 1. The van der Waals surface area contributed by atoms with Crippen LogP contribution in [0.1, 0.15) is 50.0 Å². The van der Waals surface area contributed by atoms with Crippen molar-refractivity contribution in [1.29, 1.82) is 0 Å². The van der Waals surface area contributed by atoms with Crippen LogP contribution in [0.5, 0.6) is 5.75 Å². The molecule has 1 aliphatic rings. The van der Waals surface area contributed by atoms with Gasteiger partial charge >= 0.3 is 0 Å². The second kappa shape index (κ2) is 6.06. The summed E-state index contributed by atoms with van der Waals surface area (Å²) in [5.74, 6) is 1.96. The van der Waals surface area contributed by atoms with E-state index in [9.17, 15) is 5.11 Å². The average molecular weight is 233 g/mol. The molecule has 1 saturated carbocycles. The molecule has 1 aromatic carbocycles. The maximum atomic E-state index is 9.28. The number of aromatic hydroxyl groups is 1. The van der Waals surface area contributed by atoms with Crippen molar-refractivity contribution in [2.24, 2.45) is 11.7 Å². The first-order chi connectivity index (χ1) is 8.29. The largest absolute Gasteiger partial charge is 0.508 e. The van der Waals surface area contributed by atoms with Crippen molar-refractivity contribution in [1.82, 2.24) is 0 Å². The summed E-state index contributed by atoms with van der Waals surface area (Å²) < 4.78 is 0. The molecule has 0 saturated heterocycles. The monoisotopic (exact) mass is 233 g/mol. The van der Waals surface area contributed by atoms with Crippen molar-refractivity contribution in [2.45, 2.75) is 44.4 Å². The highest BCUT2D eigenvalue weighted by molar-refractivity contribution is 5.28. The lowest BCUT2D eigenvalue weighted by Crippen LogP contribution is -2.14. The van der Waals surface area contributed by atoms with Gasteiger partial charge in [-0.3, -0.25) is 0 Å². The van der Waals surface area contributed by atoms with E-state index in [1.165, 1.54) is 44.1 Å². The highest BCUT2D eigenvalue weighted by atomic mass is 16.3. The lowest BCUT2D eigenvalue weighted by Gasteiger charge is -2.28. The third-order valence-electron chi connectivity index (χ3n) is 4.03. The van der Waals surface area contributed by atoms with Gasteiger partial charge in [0.25, 0.3) is 0 Å². The van der Waals surface area contributed by atoms with E-state index in [-0.39, 0.29) is 0 Å². The first-order valence-electron chi connectivity index (χ1n) is 6.78. The van der Waals surface area contributed by atoms with Gasteiger partial charge in [-0.1, -0.05) is 12.1 Å². The van der Waals surface area contributed by atoms with Gasteiger partial charge < -0.3 is 10.8 Å². The number of hydrogen-bond acceptors (Lipinski definition) is 2. The molecule has 2 heteroatoms. The molecule has 1 aliphatic carbocycles. The maximum absolute atomic E-state index is 9.28. The molecule has 0 unspecified atom stereocenters. The van der Waals surface area contributed by atoms with Crippen LogP contribution in [0.25, 0.3) is 0 Å². The number of benzene rings is 1. The van der Waals surface area contributed by atoms with Crippen LogP contribution >= 0.6 is 0 Å². The SMILES string of the molecule is NCCCC1CCC(c2ccc(O)cc2)CC1. The fourth-order valence-corrected chi connectivity index (χ4v) is 2.94. The molecule has 17 heavy (non-hydrogen) atoms. The molecular weight excluding hydrogens is 210 g/mol. The summed E-state index contributed by atoms with van der Waals surface area (Å²) in [6.07, 6.45) is 7.74. The highest BCUT2D eigenvalue weighted by Gasteiger charge is 2.21. The van der Waals surface area contributed by atoms with E-state index < -0.39 is 0 Å². The van der Waals surface area contributed by atoms with Gasteiger partial charge in [0.2, 0.25) is 0 Å². The molecule has 0 spiro atoms. The third kappa shape index (κ3) is 3.47.